The molecule has 2 aromatic carbocycles. The monoisotopic (exact) mass is 354 g/mol. The molecule has 26 heavy (non-hydrogen) atoms. The minimum absolute atomic E-state index is 0.141. The van der Waals surface area contributed by atoms with Crippen molar-refractivity contribution in [3.05, 3.63) is 48.3 Å². The number of methoxy groups -OCH3 is 1. The molecule has 6 heteroatoms. The molecule has 0 unspecified atom stereocenters. The van der Waals surface area contributed by atoms with Gasteiger partial charge in [-0.3, -0.25) is 0 Å². The molecule has 0 atom stereocenters. The van der Waals surface area contributed by atoms with E-state index in [1.807, 2.05) is 12.1 Å². The predicted octanol–water partition coefficient (Wildman–Crippen LogP) is 4.73. The molecule has 1 aliphatic rings. The zero-order chi connectivity index (χ0) is 17.9. The molecular formula is C20H19FN2O3. The molecule has 4 rings (SSSR count). The smallest absolute Gasteiger partial charge is 0.261 e. The number of ether oxygens (including phenoxy) is 2. The second kappa shape index (κ2) is 7.15. The second-order valence-corrected chi connectivity index (χ2v) is 6.38. The first-order valence-electron chi connectivity index (χ1n) is 8.64. The Bertz CT molecular complexity index is 906. The molecule has 1 saturated carbocycles. The van der Waals surface area contributed by atoms with Gasteiger partial charge in [-0.15, -0.1) is 0 Å². The van der Waals surface area contributed by atoms with Crippen LogP contribution in [0.5, 0.6) is 11.5 Å². The van der Waals surface area contributed by atoms with Gasteiger partial charge in [0.15, 0.2) is 11.5 Å². The van der Waals surface area contributed by atoms with Crippen molar-refractivity contribution in [1.82, 2.24) is 10.1 Å². The van der Waals surface area contributed by atoms with Gasteiger partial charge in [-0.25, -0.2) is 4.39 Å². The molecule has 0 radical (unpaired) electrons. The summed E-state index contributed by atoms with van der Waals surface area (Å²) in [5.41, 5.74) is 0.989. The number of aromatic nitrogens is 2. The first-order valence-corrected chi connectivity index (χ1v) is 8.64. The van der Waals surface area contributed by atoms with Crippen molar-refractivity contribution in [2.75, 3.05) is 13.7 Å². The molecule has 0 spiro atoms. The Morgan fingerprint density at radius 1 is 1.15 bits per heavy atom. The highest BCUT2D eigenvalue weighted by atomic mass is 19.1. The molecule has 0 bridgehead atoms. The van der Waals surface area contributed by atoms with Crippen LogP contribution in [0.2, 0.25) is 0 Å². The lowest BCUT2D eigenvalue weighted by atomic mass is 9.86. The van der Waals surface area contributed by atoms with Crippen molar-refractivity contribution in [2.45, 2.75) is 19.3 Å². The van der Waals surface area contributed by atoms with E-state index >= 15 is 0 Å². The van der Waals surface area contributed by atoms with Crippen molar-refractivity contribution in [3.63, 3.8) is 0 Å². The molecular weight excluding hydrogens is 335 g/mol. The van der Waals surface area contributed by atoms with Crippen molar-refractivity contribution in [1.29, 1.82) is 0 Å². The number of benzene rings is 2. The minimum Gasteiger partial charge on any atom is -0.493 e. The quantitative estimate of drug-likeness (QED) is 0.640. The first kappa shape index (κ1) is 16.6. The van der Waals surface area contributed by atoms with Crippen LogP contribution in [0, 0.1) is 11.7 Å². The van der Waals surface area contributed by atoms with E-state index in [1.54, 1.807) is 31.4 Å². The molecule has 3 aromatic rings. The lowest BCUT2D eigenvalue weighted by molar-refractivity contribution is 0.176. The molecule has 1 heterocycles. The molecule has 1 fully saturated rings. The van der Waals surface area contributed by atoms with Gasteiger partial charge in [0.1, 0.15) is 5.82 Å². The highest BCUT2D eigenvalue weighted by molar-refractivity contribution is 5.63. The van der Waals surface area contributed by atoms with E-state index in [2.05, 4.69) is 10.1 Å². The van der Waals surface area contributed by atoms with Crippen LogP contribution >= 0.6 is 0 Å². The van der Waals surface area contributed by atoms with Crippen LogP contribution in [0.15, 0.2) is 47.0 Å². The summed E-state index contributed by atoms with van der Waals surface area (Å²) in [6.45, 7) is 0.704. The number of hydrogen-bond acceptors (Lipinski definition) is 5. The zero-order valence-corrected chi connectivity index (χ0v) is 14.4. The van der Waals surface area contributed by atoms with Gasteiger partial charge in [-0.05, 0) is 49.1 Å². The molecule has 5 nitrogen and oxygen atoms in total. The number of rotatable bonds is 6. The maximum atomic E-state index is 13.9. The molecule has 0 aliphatic heterocycles. The lowest BCUT2D eigenvalue weighted by Gasteiger charge is -2.25. The van der Waals surface area contributed by atoms with Crippen LogP contribution < -0.4 is 9.47 Å². The lowest BCUT2D eigenvalue weighted by Crippen LogP contribution is -2.19. The largest absolute Gasteiger partial charge is 0.493 e. The summed E-state index contributed by atoms with van der Waals surface area (Å²) in [7, 11) is 1.59. The van der Waals surface area contributed by atoms with Crippen LogP contribution in [-0.2, 0) is 0 Å². The predicted molar refractivity (Wildman–Crippen MR) is 94.5 cm³/mol. The standard InChI is InChI=1S/C20H19FN2O3/c1-24-18-11-14(9-10-17(18)25-12-13-5-4-6-13)19-22-20(26-23-19)15-7-2-3-8-16(15)21/h2-3,7-11,13H,4-6,12H2,1H3. The highest BCUT2D eigenvalue weighted by Gasteiger charge is 2.19. The highest BCUT2D eigenvalue weighted by Crippen LogP contribution is 2.34. The van der Waals surface area contributed by atoms with Crippen LogP contribution in [-0.4, -0.2) is 23.9 Å². The average Bonchev–Trinajstić information content (AvgIpc) is 3.11. The van der Waals surface area contributed by atoms with E-state index in [4.69, 9.17) is 14.0 Å². The van der Waals surface area contributed by atoms with Crippen LogP contribution in [0.3, 0.4) is 0 Å². The Balaban J connectivity index is 1.57. The Kier molecular flexibility index (Phi) is 4.56. The zero-order valence-electron chi connectivity index (χ0n) is 14.4. The molecule has 1 aromatic heterocycles. The Labute approximate surface area is 150 Å². The number of hydrogen-bond donors (Lipinski definition) is 0. The summed E-state index contributed by atoms with van der Waals surface area (Å²) >= 11 is 0. The Hall–Kier alpha value is -2.89. The second-order valence-electron chi connectivity index (χ2n) is 6.38. The van der Waals surface area contributed by atoms with Crippen molar-refractivity contribution in [2.24, 2.45) is 5.92 Å². The molecule has 0 saturated heterocycles. The normalized spacial score (nSPS) is 14.1. The van der Waals surface area contributed by atoms with Gasteiger partial charge >= 0.3 is 0 Å². The SMILES string of the molecule is COc1cc(-c2noc(-c3ccccc3F)n2)ccc1OCC1CCC1. The van der Waals surface area contributed by atoms with Gasteiger partial charge in [0, 0.05) is 5.56 Å². The maximum absolute atomic E-state index is 13.9. The van der Waals surface area contributed by atoms with E-state index in [-0.39, 0.29) is 11.5 Å². The van der Waals surface area contributed by atoms with Gasteiger partial charge in [-0.2, -0.15) is 4.98 Å². The molecule has 1 aliphatic carbocycles. The van der Waals surface area contributed by atoms with E-state index in [1.165, 1.54) is 25.3 Å². The van der Waals surface area contributed by atoms with Crippen LogP contribution in [0.4, 0.5) is 4.39 Å². The fourth-order valence-electron chi connectivity index (χ4n) is 2.88. The number of halogens is 1. The fraction of sp³-hybridized carbons (Fsp3) is 0.300. The summed E-state index contributed by atoms with van der Waals surface area (Å²) in [5, 5.41) is 3.96. The number of nitrogens with zero attached hydrogens (tertiary/aromatic N) is 2. The maximum Gasteiger partial charge on any atom is 0.261 e. The third-order valence-electron chi connectivity index (χ3n) is 4.65. The third-order valence-corrected chi connectivity index (χ3v) is 4.65. The van der Waals surface area contributed by atoms with Crippen molar-refractivity contribution < 1.29 is 18.4 Å². The fourth-order valence-corrected chi connectivity index (χ4v) is 2.88. The molecule has 0 amide bonds. The summed E-state index contributed by atoms with van der Waals surface area (Å²) < 4.78 is 30.4. The van der Waals surface area contributed by atoms with Crippen molar-refractivity contribution >= 4 is 0 Å². The van der Waals surface area contributed by atoms with Gasteiger partial charge in [-0.1, -0.05) is 23.7 Å². The Morgan fingerprint density at radius 3 is 2.73 bits per heavy atom. The summed E-state index contributed by atoms with van der Waals surface area (Å²) in [5.74, 6) is 2.05. The van der Waals surface area contributed by atoms with Gasteiger partial charge in [0.05, 0.1) is 19.3 Å². The molecule has 0 N–H and O–H groups in total. The van der Waals surface area contributed by atoms with Gasteiger partial charge in [0.25, 0.3) is 5.89 Å². The van der Waals surface area contributed by atoms with E-state index in [0.29, 0.717) is 35.4 Å². The first-order chi connectivity index (χ1) is 12.7. The Morgan fingerprint density at radius 2 is 2.00 bits per heavy atom. The summed E-state index contributed by atoms with van der Waals surface area (Å²) in [6, 6.07) is 11.8. The minimum atomic E-state index is -0.403. The average molecular weight is 354 g/mol. The molecule has 134 valence electrons. The summed E-state index contributed by atoms with van der Waals surface area (Å²) in [4.78, 5) is 4.30. The van der Waals surface area contributed by atoms with Crippen LogP contribution in [0.1, 0.15) is 19.3 Å². The topological polar surface area (TPSA) is 57.4 Å². The van der Waals surface area contributed by atoms with E-state index < -0.39 is 5.82 Å². The van der Waals surface area contributed by atoms with Gasteiger partial charge < -0.3 is 14.0 Å². The third kappa shape index (κ3) is 3.27. The van der Waals surface area contributed by atoms with Crippen molar-refractivity contribution in [3.8, 4) is 34.3 Å². The van der Waals surface area contributed by atoms with E-state index in [9.17, 15) is 4.39 Å². The van der Waals surface area contributed by atoms with E-state index in [0.717, 1.165) is 0 Å². The summed E-state index contributed by atoms with van der Waals surface area (Å²) in [6.07, 6.45) is 3.73. The van der Waals surface area contributed by atoms with Crippen LogP contribution in [0.25, 0.3) is 22.8 Å². The van der Waals surface area contributed by atoms with Gasteiger partial charge in [0.2, 0.25) is 5.82 Å².